The van der Waals surface area contributed by atoms with Gasteiger partial charge in [0.05, 0.1) is 12.1 Å². The molecule has 0 aromatic rings. The molecule has 0 aromatic heterocycles. The topological polar surface area (TPSA) is 131 Å². The van der Waals surface area contributed by atoms with E-state index in [4.69, 9.17) is 19.6 Å². The number of ether oxygens (including phenoxy) is 2. The maximum Gasteiger partial charge on any atom is 0.397 e. The first kappa shape index (κ1) is 17.2. The fourth-order valence-electron chi connectivity index (χ4n) is 1.99. The Kier molecular flexibility index (Phi) is 5.01. The van der Waals surface area contributed by atoms with Crippen molar-refractivity contribution in [1.82, 2.24) is 0 Å². The van der Waals surface area contributed by atoms with E-state index >= 15 is 0 Å². The minimum absolute atomic E-state index is 0.0593. The maximum absolute atomic E-state index is 11.0. The Balaban J connectivity index is 3.12. The zero-order chi connectivity index (χ0) is 15.6. The van der Waals surface area contributed by atoms with Crippen LogP contribution >= 0.6 is 0 Å². The molecule has 1 aliphatic rings. The van der Waals surface area contributed by atoms with Crippen molar-refractivity contribution in [1.29, 1.82) is 0 Å². The van der Waals surface area contributed by atoms with Crippen molar-refractivity contribution in [3.05, 3.63) is 10.4 Å². The first-order valence-corrected chi connectivity index (χ1v) is 7.43. The van der Waals surface area contributed by atoms with Crippen LogP contribution in [0, 0.1) is 0 Å². The van der Waals surface area contributed by atoms with Gasteiger partial charge in [-0.3, -0.25) is 4.55 Å². The van der Waals surface area contributed by atoms with Crippen LogP contribution in [-0.2, 0) is 24.1 Å². The van der Waals surface area contributed by atoms with E-state index in [2.05, 4.69) is 14.2 Å². The van der Waals surface area contributed by atoms with Gasteiger partial charge in [-0.2, -0.15) is 8.42 Å². The predicted octanol–water partition coefficient (Wildman–Crippen LogP) is 1.80. The molecule has 0 spiro atoms. The number of hydrogen-bond acceptors (Lipinski definition) is 6. The molecule has 0 amide bonds. The smallest absolute Gasteiger partial charge is 0.348 e. The highest BCUT2D eigenvalue weighted by molar-refractivity contribution is 7.80. The van der Waals surface area contributed by atoms with E-state index in [9.17, 15) is 8.42 Å². The highest BCUT2D eigenvalue weighted by Gasteiger charge is 2.47. The number of azide groups is 1. The van der Waals surface area contributed by atoms with E-state index in [0.717, 1.165) is 0 Å². The third kappa shape index (κ3) is 4.30. The van der Waals surface area contributed by atoms with Crippen LogP contribution in [-0.4, -0.2) is 43.1 Å². The van der Waals surface area contributed by atoms with Gasteiger partial charge in [-0.25, -0.2) is 4.18 Å². The van der Waals surface area contributed by atoms with Gasteiger partial charge in [-0.1, -0.05) is 19.0 Å². The summed E-state index contributed by atoms with van der Waals surface area (Å²) in [4.78, 5) is 2.71. The Bertz CT molecular complexity index is 501. The highest BCUT2D eigenvalue weighted by Crippen LogP contribution is 2.34. The Morgan fingerprint density at radius 1 is 1.65 bits per heavy atom. The van der Waals surface area contributed by atoms with Gasteiger partial charge in [0.15, 0.2) is 5.79 Å². The van der Waals surface area contributed by atoms with E-state index in [1.165, 1.54) is 6.92 Å². The molecule has 1 saturated heterocycles. The fraction of sp³-hybridized carbons (Fsp3) is 1.00. The molecular formula is C10H19N3O6S. The second kappa shape index (κ2) is 5.84. The minimum atomic E-state index is -4.73. The third-order valence-electron chi connectivity index (χ3n) is 3.20. The lowest BCUT2D eigenvalue weighted by Crippen LogP contribution is -2.49. The third-order valence-corrected chi connectivity index (χ3v) is 3.65. The summed E-state index contributed by atoms with van der Waals surface area (Å²) in [7, 11) is -4.73. The van der Waals surface area contributed by atoms with Crippen molar-refractivity contribution in [3.63, 3.8) is 0 Å². The van der Waals surface area contributed by atoms with Crippen molar-refractivity contribution >= 4 is 10.4 Å². The van der Waals surface area contributed by atoms with Crippen molar-refractivity contribution in [2.45, 2.75) is 57.6 Å². The quantitative estimate of drug-likeness (QED) is 0.344. The molecule has 116 valence electrons. The number of rotatable bonds is 6. The van der Waals surface area contributed by atoms with Crippen molar-refractivity contribution in [3.8, 4) is 0 Å². The van der Waals surface area contributed by atoms with Gasteiger partial charge < -0.3 is 9.47 Å². The van der Waals surface area contributed by atoms with Crippen LogP contribution in [0.5, 0.6) is 0 Å². The van der Waals surface area contributed by atoms with Gasteiger partial charge in [-0.15, -0.1) is 0 Å². The van der Waals surface area contributed by atoms with Crippen LogP contribution in [0.25, 0.3) is 10.4 Å². The summed E-state index contributed by atoms with van der Waals surface area (Å²) in [6.45, 7) is 6.61. The normalized spacial score (nSPS) is 26.6. The molecule has 1 fully saturated rings. The summed E-state index contributed by atoms with van der Waals surface area (Å²) >= 11 is 0. The molecule has 1 unspecified atom stereocenters. The first-order chi connectivity index (χ1) is 9.03. The molecule has 0 bridgehead atoms. The van der Waals surface area contributed by atoms with E-state index in [0.29, 0.717) is 0 Å². The van der Waals surface area contributed by atoms with Crippen LogP contribution < -0.4 is 0 Å². The van der Waals surface area contributed by atoms with Crippen LogP contribution in [0.1, 0.15) is 34.1 Å². The van der Waals surface area contributed by atoms with E-state index in [1.807, 2.05) is 0 Å². The second-order valence-corrected chi connectivity index (χ2v) is 6.26. The van der Waals surface area contributed by atoms with E-state index in [-0.39, 0.29) is 13.0 Å². The number of hydrogen-bond donors (Lipinski definition) is 1. The summed E-state index contributed by atoms with van der Waals surface area (Å²) in [6, 6.07) is 0. The monoisotopic (exact) mass is 309 g/mol. The summed E-state index contributed by atoms with van der Waals surface area (Å²) in [5, 5.41) is 3.60. The Labute approximate surface area is 117 Å². The average molecular weight is 309 g/mol. The van der Waals surface area contributed by atoms with E-state index < -0.39 is 33.9 Å². The molecular weight excluding hydrogens is 290 g/mol. The molecule has 10 heteroatoms. The van der Waals surface area contributed by atoms with Crippen molar-refractivity contribution in [2.24, 2.45) is 5.11 Å². The lowest BCUT2D eigenvalue weighted by molar-refractivity contribution is -0.153. The average Bonchev–Trinajstić information content (AvgIpc) is 2.65. The Morgan fingerprint density at radius 3 is 2.60 bits per heavy atom. The molecule has 1 heterocycles. The fourth-order valence-corrected chi connectivity index (χ4v) is 2.59. The molecule has 3 atom stereocenters. The molecule has 0 aliphatic carbocycles. The summed E-state index contributed by atoms with van der Waals surface area (Å²) in [5.41, 5.74) is 7.44. The summed E-state index contributed by atoms with van der Waals surface area (Å²) in [6.07, 6.45) is -1.69. The standard InChI is InChI=1S/C10H19N3O6S/c1-5-10(4,12-13-11)8(19-20(14,15)16)7-6-17-9(2,3)18-7/h7-8H,5-6H2,1-4H3,(H,14,15,16)/t7?,8-,10-/m1/s1. The Morgan fingerprint density at radius 2 is 2.25 bits per heavy atom. The number of nitrogens with zero attached hydrogens (tertiary/aromatic N) is 3. The van der Waals surface area contributed by atoms with E-state index in [1.54, 1.807) is 20.8 Å². The van der Waals surface area contributed by atoms with Crippen LogP contribution in [0.4, 0.5) is 0 Å². The van der Waals surface area contributed by atoms with Crippen molar-refractivity contribution in [2.75, 3.05) is 6.61 Å². The van der Waals surface area contributed by atoms with Gasteiger partial charge in [0.25, 0.3) is 0 Å². The zero-order valence-corrected chi connectivity index (χ0v) is 12.6. The SMILES string of the molecule is CC[C@@](C)(N=[N+]=[N-])[C@H](OS(=O)(=O)O)C1COC(C)(C)O1. The molecule has 0 saturated carbocycles. The second-order valence-electron chi connectivity index (χ2n) is 5.21. The first-order valence-electron chi connectivity index (χ1n) is 6.07. The molecule has 1 rings (SSSR count). The lowest BCUT2D eigenvalue weighted by Gasteiger charge is -2.34. The zero-order valence-electron chi connectivity index (χ0n) is 11.8. The van der Waals surface area contributed by atoms with Gasteiger partial charge in [-0.05, 0) is 25.8 Å². The largest absolute Gasteiger partial charge is 0.397 e. The van der Waals surface area contributed by atoms with Gasteiger partial charge >= 0.3 is 10.4 Å². The van der Waals surface area contributed by atoms with Crippen molar-refractivity contribution < 1.29 is 26.6 Å². The summed E-state index contributed by atoms with van der Waals surface area (Å²) < 4.78 is 46.6. The highest BCUT2D eigenvalue weighted by atomic mass is 32.3. The van der Waals surface area contributed by atoms with Gasteiger partial charge in [0.1, 0.15) is 12.2 Å². The molecule has 1 N–H and O–H groups in total. The Hall–Kier alpha value is -0.900. The molecule has 1 aliphatic heterocycles. The van der Waals surface area contributed by atoms with Crippen LogP contribution in [0.15, 0.2) is 5.11 Å². The molecule has 0 aromatic carbocycles. The van der Waals surface area contributed by atoms with Gasteiger partial charge in [0.2, 0.25) is 0 Å². The predicted molar refractivity (Wildman–Crippen MR) is 69.2 cm³/mol. The van der Waals surface area contributed by atoms with Gasteiger partial charge in [0, 0.05) is 4.91 Å². The maximum atomic E-state index is 11.0. The lowest BCUT2D eigenvalue weighted by atomic mass is 9.89. The van der Waals surface area contributed by atoms with Crippen LogP contribution in [0.2, 0.25) is 0 Å². The minimum Gasteiger partial charge on any atom is -0.348 e. The molecule has 0 radical (unpaired) electrons. The molecule has 20 heavy (non-hydrogen) atoms. The van der Waals surface area contributed by atoms with Crippen LogP contribution in [0.3, 0.4) is 0 Å². The summed E-state index contributed by atoms with van der Waals surface area (Å²) in [5.74, 6) is -0.906. The molecule has 9 nitrogen and oxygen atoms in total.